The van der Waals surface area contributed by atoms with Gasteiger partial charge in [0.2, 0.25) is 0 Å². The van der Waals surface area contributed by atoms with Gasteiger partial charge in [-0.15, -0.1) is 23.2 Å². The number of rotatable bonds is 10. The highest BCUT2D eigenvalue weighted by Gasteiger charge is 2.39. The molecule has 0 saturated heterocycles. The van der Waals surface area contributed by atoms with E-state index < -0.39 is 37.6 Å². The van der Waals surface area contributed by atoms with Crippen LogP contribution < -0.4 is 0 Å². The number of hydrogen-bond donors (Lipinski definition) is 2. The van der Waals surface area contributed by atoms with Gasteiger partial charge in [0.25, 0.3) is 0 Å². The van der Waals surface area contributed by atoms with Crippen molar-refractivity contribution in [2.45, 2.75) is 22.4 Å². The van der Waals surface area contributed by atoms with Crippen molar-refractivity contribution in [3.8, 4) is 0 Å². The third-order valence-electron chi connectivity index (χ3n) is 4.57. The summed E-state index contributed by atoms with van der Waals surface area (Å²) in [6, 6.07) is 13.7. The maximum atomic E-state index is 12.0. The van der Waals surface area contributed by atoms with Crippen LogP contribution in [0.5, 0.6) is 0 Å². The highest BCUT2D eigenvalue weighted by atomic mass is 79.9. The molecule has 0 aromatic heterocycles. The molecule has 4 atom stereocenters. The van der Waals surface area contributed by atoms with Gasteiger partial charge in [-0.3, -0.25) is 9.13 Å². The minimum Gasteiger partial charge on any atom is -0.386 e. The molecule has 0 aliphatic carbocycles. The zero-order valence-corrected chi connectivity index (χ0v) is 25.2. The number of aliphatic hydroxyl groups excluding tert-OH is 2. The Morgan fingerprint density at radius 2 is 0.882 bits per heavy atom. The summed E-state index contributed by atoms with van der Waals surface area (Å²) in [7, 11) is -2.08. The number of halogens is 4. The van der Waals surface area contributed by atoms with E-state index in [1.54, 1.807) is 48.5 Å². The molecule has 0 heterocycles. The standard InChI is InChI=1S/2C10H13BrClO4P/c2*1-15-17(14,16-2)10(12)9(13)7-3-5-8(11)6-4-7/h2*3-6,9-10,13H,1-2H3/t2*9-,10+/m11/s1. The van der Waals surface area contributed by atoms with Crippen molar-refractivity contribution in [3.63, 3.8) is 0 Å². The molecular formula is C20H26Br2Cl2O8P2. The lowest BCUT2D eigenvalue weighted by Gasteiger charge is -2.23. The van der Waals surface area contributed by atoms with E-state index in [9.17, 15) is 19.3 Å². The van der Waals surface area contributed by atoms with Crippen molar-refractivity contribution in [2.24, 2.45) is 0 Å². The number of aliphatic hydroxyl groups is 2. The molecule has 14 heteroatoms. The van der Waals surface area contributed by atoms with Gasteiger partial charge in [-0.2, -0.15) is 0 Å². The molecule has 0 radical (unpaired) electrons. The first-order chi connectivity index (χ1) is 15.9. The van der Waals surface area contributed by atoms with E-state index in [-0.39, 0.29) is 0 Å². The lowest BCUT2D eigenvalue weighted by atomic mass is 10.1. The van der Waals surface area contributed by atoms with Gasteiger partial charge in [0.15, 0.2) is 10.2 Å². The topological polar surface area (TPSA) is 112 Å². The fourth-order valence-electron chi connectivity index (χ4n) is 2.54. The van der Waals surface area contributed by atoms with Crippen molar-refractivity contribution in [3.05, 3.63) is 68.6 Å². The zero-order valence-electron chi connectivity index (χ0n) is 18.7. The normalized spacial score (nSPS) is 15.6. The van der Waals surface area contributed by atoms with Gasteiger partial charge in [0.05, 0.1) is 0 Å². The molecule has 0 aliphatic heterocycles. The first-order valence-electron chi connectivity index (χ1n) is 9.46. The molecule has 0 saturated carbocycles. The van der Waals surface area contributed by atoms with Crippen LogP contribution in [-0.4, -0.2) is 48.9 Å². The van der Waals surface area contributed by atoms with E-state index in [2.05, 4.69) is 31.9 Å². The maximum absolute atomic E-state index is 12.0. The van der Waals surface area contributed by atoms with Crippen LogP contribution >= 0.6 is 70.3 Å². The van der Waals surface area contributed by atoms with Crippen LogP contribution in [0.4, 0.5) is 0 Å². The maximum Gasteiger partial charge on any atom is 0.350 e. The highest BCUT2D eigenvalue weighted by Crippen LogP contribution is 2.58. The summed E-state index contributed by atoms with van der Waals surface area (Å²) in [5.41, 5.74) is 1.09. The Morgan fingerprint density at radius 1 is 0.647 bits per heavy atom. The molecule has 2 aromatic carbocycles. The van der Waals surface area contributed by atoms with Gasteiger partial charge in [-0.25, -0.2) is 0 Å². The number of benzene rings is 2. The summed E-state index contributed by atoms with van der Waals surface area (Å²) in [5, 5.41) is 17.7. The van der Waals surface area contributed by atoms with Crippen molar-refractivity contribution >= 4 is 70.3 Å². The number of hydrogen-bond acceptors (Lipinski definition) is 8. The first-order valence-corrected chi connectivity index (χ1v) is 15.1. The zero-order chi connectivity index (χ0) is 26.1. The van der Waals surface area contributed by atoms with Crippen molar-refractivity contribution in [2.75, 3.05) is 28.4 Å². The van der Waals surface area contributed by atoms with Gasteiger partial charge in [0.1, 0.15) is 12.2 Å². The van der Waals surface area contributed by atoms with Gasteiger partial charge >= 0.3 is 15.2 Å². The second-order valence-corrected chi connectivity index (χ2v) is 14.7. The van der Waals surface area contributed by atoms with Crippen molar-refractivity contribution in [1.29, 1.82) is 0 Å². The van der Waals surface area contributed by atoms with E-state index >= 15 is 0 Å². The van der Waals surface area contributed by atoms with Gasteiger partial charge in [0, 0.05) is 37.4 Å². The summed E-state index contributed by atoms with van der Waals surface area (Å²) >= 11 is 18.4. The van der Waals surface area contributed by atoms with Crippen LogP contribution in [-0.2, 0) is 27.2 Å². The molecule has 192 valence electrons. The summed E-state index contributed by atoms with van der Waals surface area (Å²) in [6.07, 6.45) is -2.26. The molecule has 0 fully saturated rings. The average molecular weight is 687 g/mol. The molecule has 0 aliphatic rings. The Hall–Kier alpha value is 0.200. The molecule has 34 heavy (non-hydrogen) atoms. The molecule has 2 aromatic rings. The minimum atomic E-state index is -3.50. The van der Waals surface area contributed by atoms with E-state index in [1.807, 2.05) is 0 Å². The van der Waals surface area contributed by atoms with Crippen molar-refractivity contribution in [1.82, 2.24) is 0 Å². The summed E-state index contributed by atoms with van der Waals surface area (Å²) < 4.78 is 44.7. The molecule has 0 amide bonds. The smallest absolute Gasteiger partial charge is 0.350 e. The van der Waals surface area contributed by atoms with Crippen LogP contribution in [0.25, 0.3) is 0 Å². The van der Waals surface area contributed by atoms with Crippen LogP contribution in [0.1, 0.15) is 23.3 Å². The third-order valence-corrected chi connectivity index (χ3v) is 11.3. The Balaban J connectivity index is 0.000000340. The Labute approximate surface area is 226 Å². The van der Waals surface area contributed by atoms with Crippen LogP contribution in [0.2, 0.25) is 0 Å². The average Bonchev–Trinajstić information content (AvgIpc) is 2.87. The fraction of sp³-hybridized carbons (Fsp3) is 0.400. The first kappa shape index (κ1) is 32.2. The van der Waals surface area contributed by atoms with Gasteiger partial charge in [-0.05, 0) is 35.4 Å². The molecular weight excluding hydrogens is 661 g/mol. The van der Waals surface area contributed by atoms with Crippen molar-refractivity contribution < 1.29 is 37.4 Å². The summed E-state index contributed by atoms with van der Waals surface area (Å²) in [4.78, 5) is 0. The summed E-state index contributed by atoms with van der Waals surface area (Å²) in [5.74, 6) is 0. The molecule has 2 N–H and O–H groups in total. The SMILES string of the molecule is COP(=O)(OC)[C@H](Cl)[C@H](O)c1ccc(Br)cc1.COP(=O)(OC)[C@H](Cl)[C@H](O)c1ccc(Br)cc1. The van der Waals surface area contributed by atoms with E-state index in [0.29, 0.717) is 11.1 Å². The highest BCUT2D eigenvalue weighted by molar-refractivity contribution is 9.10. The molecule has 0 unspecified atom stereocenters. The fourth-order valence-corrected chi connectivity index (χ4v) is 6.45. The second-order valence-electron chi connectivity index (χ2n) is 6.55. The molecule has 0 spiro atoms. The van der Waals surface area contributed by atoms with Crippen LogP contribution in [0.3, 0.4) is 0 Å². The Kier molecular flexibility index (Phi) is 14.0. The Bertz CT molecular complexity index is 886. The van der Waals surface area contributed by atoms with E-state index in [0.717, 1.165) is 8.95 Å². The van der Waals surface area contributed by atoms with Gasteiger partial charge in [-0.1, -0.05) is 56.1 Å². The quantitative estimate of drug-likeness (QED) is 0.202. The molecule has 2 rings (SSSR count). The van der Waals surface area contributed by atoms with E-state index in [4.69, 9.17) is 41.3 Å². The van der Waals surface area contributed by atoms with Crippen LogP contribution in [0.15, 0.2) is 57.5 Å². The molecule has 8 nitrogen and oxygen atoms in total. The summed E-state index contributed by atoms with van der Waals surface area (Å²) in [6.45, 7) is 0. The van der Waals surface area contributed by atoms with Gasteiger partial charge < -0.3 is 28.3 Å². The minimum absolute atomic E-state index is 0.544. The van der Waals surface area contributed by atoms with E-state index in [1.165, 1.54) is 28.4 Å². The molecule has 0 bridgehead atoms. The number of alkyl halides is 2. The lowest BCUT2D eigenvalue weighted by Crippen LogP contribution is -2.15. The predicted octanol–water partition coefficient (Wildman–Crippen LogP) is 7.07. The predicted molar refractivity (Wildman–Crippen MR) is 141 cm³/mol. The monoisotopic (exact) mass is 684 g/mol. The van der Waals surface area contributed by atoms with Crippen LogP contribution in [0, 0.1) is 0 Å². The Morgan fingerprint density at radius 3 is 1.09 bits per heavy atom. The lowest BCUT2D eigenvalue weighted by molar-refractivity contribution is 0.171. The largest absolute Gasteiger partial charge is 0.386 e. The third kappa shape index (κ3) is 8.65. The second kappa shape index (κ2) is 14.8.